The SMILES string of the molecule is O=C(c1ncn[nH]1)N1CCCC1c1cccc(Cl)c1. The first-order valence-corrected chi connectivity index (χ1v) is 6.55. The number of aromatic nitrogens is 3. The van der Waals surface area contributed by atoms with Crippen molar-refractivity contribution >= 4 is 17.5 Å². The fourth-order valence-electron chi connectivity index (χ4n) is 2.51. The Bertz CT molecular complexity index is 584. The maximum atomic E-state index is 12.3. The van der Waals surface area contributed by atoms with Gasteiger partial charge >= 0.3 is 0 Å². The van der Waals surface area contributed by atoms with Crippen LogP contribution in [0, 0.1) is 0 Å². The van der Waals surface area contributed by atoms with Crippen LogP contribution >= 0.6 is 11.6 Å². The van der Waals surface area contributed by atoms with Gasteiger partial charge in [-0.3, -0.25) is 9.89 Å². The quantitative estimate of drug-likeness (QED) is 0.916. The lowest BCUT2D eigenvalue weighted by Gasteiger charge is -2.24. The van der Waals surface area contributed by atoms with Crippen LogP contribution in [0.2, 0.25) is 5.02 Å². The van der Waals surface area contributed by atoms with Gasteiger partial charge in [-0.1, -0.05) is 23.7 Å². The molecule has 1 fully saturated rings. The Kier molecular flexibility index (Phi) is 3.21. The van der Waals surface area contributed by atoms with Crippen LogP contribution in [-0.4, -0.2) is 32.5 Å². The van der Waals surface area contributed by atoms with Gasteiger partial charge in [-0.05, 0) is 30.5 Å². The fourth-order valence-corrected chi connectivity index (χ4v) is 2.71. The number of rotatable bonds is 2. The number of aromatic amines is 1. The molecule has 6 heteroatoms. The molecule has 3 rings (SSSR count). The van der Waals surface area contributed by atoms with E-state index in [1.54, 1.807) is 0 Å². The molecule has 1 atom stereocenters. The van der Waals surface area contributed by atoms with E-state index in [9.17, 15) is 4.79 Å². The van der Waals surface area contributed by atoms with Gasteiger partial charge < -0.3 is 4.90 Å². The number of amides is 1. The molecule has 19 heavy (non-hydrogen) atoms. The van der Waals surface area contributed by atoms with Crippen LogP contribution in [0.25, 0.3) is 0 Å². The maximum Gasteiger partial charge on any atom is 0.291 e. The molecule has 1 unspecified atom stereocenters. The summed E-state index contributed by atoms with van der Waals surface area (Å²) in [5.74, 6) is 0.175. The molecular formula is C13H13ClN4O. The molecule has 1 aromatic carbocycles. The molecule has 2 heterocycles. The van der Waals surface area contributed by atoms with Gasteiger partial charge in [0.15, 0.2) is 0 Å². The average Bonchev–Trinajstić information content (AvgIpc) is 3.09. The first-order chi connectivity index (χ1) is 9.25. The zero-order valence-corrected chi connectivity index (χ0v) is 11.0. The molecule has 5 nitrogen and oxygen atoms in total. The molecule has 1 N–H and O–H groups in total. The fraction of sp³-hybridized carbons (Fsp3) is 0.308. The monoisotopic (exact) mass is 276 g/mol. The summed E-state index contributed by atoms with van der Waals surface area (Å²) in [6.07, 6.45) is 3.27. The summed E-state index contributed by atoms with van der Waals surface area (Å²) >= 11 is 6.02. The molecule has 0 saturated carbocycles. The Morgan fingerprint density at radius 2 is 2.37 bits per heavy atom. The number of nitrogens with one attached hydrogen (secondary N) is 1. The molecule has 0 aliphatic carbocycles. The average molecular weight is 277 g/mol. The first kappa shape index (κ1) is 12.2. The van der Waals surface area contributed by atoms with Gasteiger partial charge in [0.1, 0.15) is 6.33 Å². The normalized spacial score (nSPS) is 18.8. The molecular weight excluding hydrogens is 264 g/mol. The summed E-state index contributed by atoms with van der Waals surface area (Å²) in [5, 5.41) is 7.03. The number of carbonyl (C=O) groups is 1. The highest BCUT2D eigenvalue weighted by atomic mass is 35.5. The predicted octanol–water partition coefficient (Wildman–Crippen LogP) is 2.44. The zero-order chi connectivity index (χ0) is 13.2. The number of hydrogen-bond donors (Lipinski definition) is 1. The van der Waals surface area contributed by atoms with E-state index in [0.29, 0.717) is 5.02 Å². The van der Waals surface area contributed by atoms with Crippen LogP contribution in [0.15, 0.2) is 30.6 Å². The van der Waals surface area contributed by atoms with Crippen molar-refractivity contribution in [2.45, 2.75) is 18.9 Å². The van der Waals surface area contributed by atoms with Gasteiger partial charge in [-0.2, -0.15) is 5.10 Å². The minimum absolute atomic E-state index is 0.0660. The summed E-state index contributed by atoms with van der Waals surface area (Å²) in [6.45, 7) is 0.733. The van der Waals surface area contributed by atoms with Crippen molar-refractivity contribution in [1.82, 2.24) is 20.1 Å². The minimum atomic E-state index is -0.111. The summed E-state index contributed by atoms with van der Waals surface area (Å²) in [4.78, 5) is 18.1. The molecule has 0 bridgehead atoms. The lowest BCUT2D eigenvalue weighted by molar-refractivity contribution is 0.0723. The largest absolute Gasteiger partial charge is 0.329 e. The van der Waals surface area contributed by atoms with E-state index in [1.807, 2.05) is 29.2 Å². The molecule has 0 spiro atoms. The van der Waals surface area contributed by atoms with E-state index < -0.39 is 0 Å². The summed E-state index contributed by atoms with van der Waals surface area (Å²) in [7, 11) is 0. The lowest BCUT2D eigenvalue weighted by Crippen LogP contribution is -2.31. The molecule has 1 aliphatic rings. The maximum absolute atomic E-state index is 12.3. The van der Waals surface area contributed by atoms with Crippen molar-refractivity contribution in [3.05, 3.63) is 47.0 Å². The first-order valence-electron chi connectivity index (χ1n) is 6.17. The van der Waals surface area contributed by atoms with E-state index in [4.69, 9.17) is 11.6 Å². The highest BCUT2D eigenvalue weighted by Gasteiger charge is 2.31. The summed E-state index contributed by atoms with van der Waals surface area (Å²) in [6, 6.07) is 7.73. The Morgan fingerprint density at radius 1 is 1.47 bits per heavy atom. The molecule has 1 aliphatic heterocycles. The van der Waals surface area contributed by atoms with Gasteiger partial charge in [0, 0.05) is 11.6 Å². The van der Waals surface area contributed by atoms with E-state index in [1.165, 1.54) is 6.33 Å². The van der Waals surface area contributed by atoms with E-state index in [0.717, 1.165) is 24.9 Å². The van der Waals surface area contributed by atoms with Crippen LogP contribution < -0.4 is 0 Å². The zero-order valence-electron chi connectivity index (χ0n) is 10.2. The van der Waals surface area contributed by atoms with Crippen molar-refractivity contribution in [3.63, 3.8) is 0 Å². The van der Waals surface area contributed by atoms with Gasteiger partial charge in [0.25, 0.3) is 5.91 Å². The second-order valence-corrected chi connectivity index (χ2v) is 4.98. The minimum Gasteiger partial charge on any atom is -0.329 e. The van der Waals surface area contributed by atoms with Crippen LogP contribution in [0.3, 0.4) is 0 Å². The third-order valence-electron chi connectivity index (χ3n) is 3.36. The highest BCUT2D eigenvalue weighted by Crippen LogP contribution is 2.33. The predicted molar refractivity (Wildman–Crippen MR) is 70.8 cm³/mol. The molecule has 98 valence electrons. The second-order valence-electron chi connectivity index (χ2n) is 4.55. The number of nitrogens with zero attached hydrogens (tertiary/aromatic N) is 3. The number of H-pyrrole nitrogens is 1. The Balaban J connectivity index is 1.88. The third-order valence-corrected chi connectivity index (χ3v) is 3.60. The molecule has 0 radical (unpaired) electrons. The van der Waals surface area contributed by atoms with Gasteiger partial charge in [-0.15, -0.1) is 0 Å². The summed E-state index contributed by atoms with van der Waals surface area (Å²) < 4.78 is 0. The molecule has 1 amide bonds. The van der Waals surface area contributed by atoms with Crippen molar-refractivity contribution in [2.75, 3.05) is 6.54 Å². The van der Waals surface area contributed by atoms with Crippen LogP contribution in [0.5, 0.6) is 0 Å². The van der Waals surface area contributed by atoms with E-state index >= 15 is 0 Å². The number of halogens is 1. The van der Waals surface area contributed by atoms with Crippen LogP contribution in [0.1, 0.15) is 35.1 Å². The van der Waals surface area contributed by atoms with Gasteiger partial charge in [0.2, 0.25) is 5.82 Å². The summed E-state index contributed by atoms with van der Waals surface area (Å²) in [5.41, 5.74) is 1.07. The van der Waals surface area contributed by atoms with Crippen molar-refractivity contribution in [1.29, 1.82) is 0 Å². The smallest absolute Gasteiger partial charge is 0.291 e. The Morgan fingerprint density at radius 3 is 3.11 bits per heavy atom. The van der Waals surface area contributed by atoms with Crippen molar-refractivity contribution in [3.8, 4) is 0 Å². The topological polar surface area (TPSA) is 61.9 Å². The van der Waals surface area contributed by atoms with E-state index in [2.05, 4.69) is 15.2 Å². The van der Waals surface area contributed by atoms with E-state index in [-0.39, 0.29) is 17.8 Å². The van der Waals surface area contributed by atoms with Gasteiger partial charge in [0.05, 0.1) is 6.04 Å². The standard InChI is InChI=1S/C13H13ClN4O/c14-10-4-1-3-9(7-10)11-5-2-6-18(11)13(19)12-15-8-16-17-12/h1,3-4,7-8,11H,2,5-6H2,(H,15,16,17). The molecule has 1 saturated heterocycles. The number of hydrogen-bond acceptors (Lipinski definition) is 3. The number of likely N-dealkylation sites (tertiary alicyclic amines) is 1. The van der Waals surface area contributed by atoms with Crippen molar-refractivity contribution in [2.24, 2.45) is 0 Å². The van der Waals surface area contributed by atoms with Crippen molar-refractivity contribution < 1.29 is 4.79 Å². The molecule has 1 aromatic heterocycles. The Hall–Kier alpha value is -1.88. The van der Waals surface area contributed by atoms with Crippen LogP contribution in [-0.2, 0) is 0 Å². The molecule has 2 aromatic rings. The van der Waals surface area contributed by atoms with Gasteiger partial charge in [-0.25, -0.2) is 4.98 Å². The Labute approximate surface area is 115 Å². The lowest BCUT2D eigenvalue weighted by atomic mass is 10.0. The van der Waals surface area contributed by atoms with Crippen LogP contribution in [0.4, 0.5) is 0 Å². The highest BCUT2D eigenvalue weighted by molar-refractivity contribution is 6.30. The second kappa shape index (κ2) is 5.01. The third kappa shape index (κ3) is 2.33. The number of benzene rings is 1. The number of carbonyl (C=O) groups excluding carboxylic acids is 1.